The molecule has 1 aromatic heterocycles. The van der Waals surface area contributed by atoms with Gasteiger partial charge in [-0.25, -0.2) is 0 Å². The fourth-order valence-electron chi connectivity index (χ4n) is 2.00. The summed E-state index contributed by atoms with van der Waals surface area (Å²) >= 11 is 0.972. The fourth-order valence-corrected chi connectivity index (χ4v) is 2.71. The second kappa shape index (κ2) is 5.92. The van der Waals surface area contributed by atoms with Crippen LogP contribution in [0.1, 0.15) is 29.6 Å². The molecule has 18 heavy (non-hydrogen) atoms. The quantitative estimate of drug-likeness (QED) is 0.627. The Labute approximate surface area is 109 Å². The third-order valence-electron chi connectivity index (χ3n) is 2.97. The van der Waals surface area contributed by atoms with Gasteiger partial charge in [0.15, 0.2) is 0 Å². The standard InChI is InChI=1S/C11H15N3O3S/c15-11(8-6-10(14(16)17)18-7-8)13-5-3-9-2-1-4-12-9/h6-7,9,12H,1-5H2,(H,13,15). The van der Waals surface area contributed by atoms with Crippen molar-refractivity contribution >= 4 is 22.2 Å². The molecule has 0 saturated carbocycles. The summed E-state index contributed by atoms with van der Waals surface area (Å²) < 4.78 is 0. The van der Waals surface area contributed by atoms with Gasteiger partial charge >= 0.3 is 5.00 Å². The number of nitrogens with one attached hydrogen (secondary N) is 2. The van der Waals surface area contributed by atoms with E-state index in [1.54, 1.807) is 0 Å². The van der Waals surface area contributed by atoms with Gasteiger partial charge in [0.1, 0.15) is 0 Å². The number of hydrogen-bond donors (Lipinski definition) is 2. The molecule has 2 rings (SSSR count). The average Bonchev–Trinajstić information content (AvgIpc) is 2.99. The van der Waals surface area contributed by atoms with Crippen molar-refractivity contribution in [3.8, 4) is 0 Å². The molecule has 1 aliphatic heterocycles. The lowest BCUT2D eigenvalue weighted by Gasteiger charge is -2.10. The van der Waals surface area contributed by atoms with Crippen molar-refractivity contribution in [1.82, 2.24) is 10.6 Å². The predicted octanol–water partition coefficient (Wildman–Crippen LogP) is 1.53. The lowest BCUT2D eigenvalue weighted by atomic mass is 10.1. The topological polar surface area (TPSA) is 84.3 Å². The molecule has 2 heterocycles. The molecule has 2 N–H and O–H groups in total. The second-order valence-electron chi connectivity index (χ2n) is 4.27. The molecule has 1 atom stereocenters. The molecule has 1 unspecified atom stereocenters. The van der Waals surface area contributed by atoms with Crippen molar-refractivity contribution < 1.29 is 9.72 Å². The van der Waals surface area contributed by atoms with Crippen molar-refractivity contribution in [2.45, 2.75) is 25.3 Å². The number of amides is 1. The van der Waals surface area contributed by atoms with Gasteiger partial charge in [-0.2, -0.15) is 0 Å². The zero-order chi connectivity index (χ0) is 13.0. The Kier molecular flexibility index (Phi) is 4.27. The van der Waals surface area contributed by atoms with E-state index in [1.807, 2.05) is 0 Å². The van der Waals surface area contributed by atoms with Crippen LogP contribution in [-0.4, -0.2) is 30.0 Å². The molecule has 1 aromatic rings. The average molecular weight is 269 g/mol. The lowest BCUT2D eigenvalue weighted by molar-refractivity contribution is -0.380. The Balaban J connectivity index is 1.77. The maximum Gasteiger partial charge on any atom is 0.324 e. The van der Waals surface area contributed by atoms with Crippen molar-refractivity contribution in [2.75, 3.05) is 13.1 Å². The van der Waals surface area contributed by atoms with Crippen LogP contribution in [0.25, 0.3) is 0 Å². The number of carbonyl (C=O) groups is 1. The zero-order valence-electron chi connectivity index (χ0n) is 9.85. The van der Waals surface area contributed by atoms with Gasteiger partial charge in [0.25, 0.3) is 5.91 Å². The summed E-state index contributed by atoms with van der Waals surface area (Å²) in [4.78, 5) is 21.7. The van der Waals surface area contributed by atoms with Crippen LogP contribution in [-0.2, 0) is 0 Å². The summed E-state index contributed by atoms with van der Waals surface area (Å²) in [6.45, 7) is 1.65. The molecule has 1 amide bonds. The molecular formula is C11H15N3O3S. The van der Waals surface area contributed by atoms with E-state index in [0.717, 1.165) is 30.7 Å². The molecule has 0 radical (unpaired) electrons. The SMILES string of the molecule is O=C(NCCC1CCCN1)c1csc([N+](=O)[O-])c1. The molecule has 98 valence electrons. The zero-order valence-corrected chi connectivity index (χ0v) is 10.7. The van der Waals surface area contributed by atoms with Gasteiger partial charge in [0.2, 0.25) is 0 Å². The van der Waals surface area contributed by atoms with Gasteiger partial charge in [-0.15, -0.1) is 0 Å². The highest BCUT2D eigenvalue weighted by atomic mass is 32.1. The molecule has 0 aromatic carbocycles. The Bertz CT molecular complexity index is 440. The largest absolute Gasteiger partial charge is 0.352 e. The summed E-state index contributed by atoms with van der Waals surface area (Å²) in [7, 11) is 0. The van der Waals surface area contributed by atoms with Crippen LogP contribution in [0, 0.1) is 10.1 Å². The Hall–Kier alpha value is -1.47. The van der Waals surface area contributed by atoms with E-state index < -0.39 is 4.92 Å². The van der Waals surface area contributed by atoms with E-state index in [9.17, 15) is 14.9 Å². The van der Waals surface area contributed by atoms with E-state index in [0.29, 0.717) is 18.2 Å². The van der Waals surface area contributed by atoms with Gasteiger partial charge in [-0.3, -0.25) is 14.9 Å². The maximum atomic E-state index is 11.7. The van der Waals surface area contributed by atoms with Gasteiger partial charge in [0, 0.05) is 24.0 Å². The van der Waals surface area contributed by atoms with Crippen molar-refractivity contribution in [3.05, 3.63) is 27.1 Å². The van der Waals surface area contributed by atoms with Crippen molar-refractivity contribution in [3.63, 3.8) is 0 Å². The smallest absolute Gasteiger partial charge is 0.324 e. The maximum absolute atomic E-state index is 11.7. The van der Waals surface area contributed by atoms with E-state index in [1.165, 1.54) is 17.9 Å². The van der Waals surface area contributed by atoms with Gasteiger partial charge in [-0.1, -0.05) is 11.3 Å². The van der Waals surface area contributed by atoms with Crippen LogP contribution >= 0.6 is 11.3 Å². The summed E-state index contributed by atoms with van der Waals surface area (Å²) in [5.41, 5.74) is 0.367. The monoisotopic (exact) mass is 269 g/mol. The molecule has 1 aliphatic rings. The second-order valence-corrected chi connectivity index (χ2v) is 5.16. The summed E-state index contributed by atoms with van der Waals surface area (Å²) in [6, 6.07) is 1.80. The van der Waals surface area contributed by atoms with Crippen LogP contribution in [0.5, 0.6) is 0 Å². The van der Waals surface area contributed by atoms with Crippen LogP contribution in [0.2, 0.25) is 0 Å². The van der Waals surface area contributed by atoms with E-state index in [-0.39, 0.29) is 10.9 Å². The first-order valence-electron chi connectivity index (χ1n) is 5.91. The van der Waals surface area contributed by atoms with E-state index >= 15 is 0 Å². The highest BCUT2D eigenvalue weighted by Crippen LogP contribution is 2.22. The number of thiophene rings is 1. The minimum atomic E-state index is -0.482. The lowest BCUT2D eigenvalue weighted by Crippen LogP contribution is -2.30. The molecule has 7 heteroatoms. The number of nitrogens with zero attached hydrogens (tertiary/aromatic N) is 1. The number of rotatable bonds is 5. The molecular weight excluding hydrogens is 254 g/mol. The summed E-state index contributed by atoms with van der Waals surface area (Å²) in [5, 5.41) is 18.1. The third-order valence-corrected chi connectivity index (χ3v) is 3.85. The van der Waals surface area contributed by atoms with Crippen LogP contribution < -0.4 is 10.6 Å². The first kappa shape index (κ1) is 13.0. The first-order valence-corrected chi connectivity index (χ1v) is 6.79. The normalized spacial score (nSPS) is 18.8. The highest BCUT2D eigenvalue weighted by molar-refractivity contribution is 7.13. The van der Waals surface area contributed by atoms with E-state index in [4.69, 9.17) is 0 Å². The molecule has 1 fully saturated rings. The number of carbonyl (C=O) groups excluding carboxylic acids is 1. The molecule has 0 spiro atoms. The Morgan fingerprint density at radius 2 is 2.50 bits per heavy atom. The molecule has 6 nitrogen and oxygen atoms in total. The van der Waals surface area contributed by atoms with Gasteiger partial charge in [0.05, 0.1) is 10.5 Å². The summed E-state index contributed by atoms with van der Waals surface area (Å²) in [5.74, 6) is -0.239. The van der Waals surface area contributed by atoms with Crippen molar-refractivity contribution in [2.24, 2.45) is 0 Å². The van der Waals surface area contributed by atoms with Gasteiger partial charge < -0.3 is 10.6 Å². The first-order chi connectivity index (χ1) is 8.66. The molecule has 1 saturated heterocycles. The van der Waals surface area contributed by atoms with Crippen molar-refractivity contribution in [1.29, 1.82) is 0 Å². The van der Waals surface area contributed by atoms with Crippen LogP contribution in [0.4, 0.5) is 5.00 Å². The van der Waals surface area contributed by atoms with E-state index in [2.05, 4.69) is 10.6 Å². The highest BCUT2D eigenvalue weighted by Gasteiger charge is 2.16. The number of nitro groups is 1. The third kappa shape index (κ3) is 3.27. The minimum Gasteiger partial charge on any atom is -0.352 e. The fraction of sp³-hybridized carbons (Fsp3) is 0.545. The minimum absolute atomic E-state index is 0.00221. The number of hydrogen-bond acceptors (Lipinski definition) is 5. The molecule has 0 aliphatic carbocycles. The van der Waals surface area contributed by atoms with Crippen LogP contribution in [0.15, 0.2) is 11.4 Å². The Morgan fingerprint density at radius 1 is 1.67 bits per heavy atom. The molecule has 0 bridgehead atoms. The van der Waals surface area contributed by atoms with Gasteiger partial charge in [-0.05, 0) is 25.8 Å². The van der Waals surface area contributed by atoms with Crippen LogP contribution in [0.3, 0.4) is 0 Å². The Morgan fingerprint density at radius 3 is 3.11 bits per heavy atom. The predicted molar refractivity (Wildman–Crippen MR) is 68.9 cm³/mol. The summed E-state index contributed by atoms with van der Waals surface area (Å²) in [6.07, 6.45) is 3.24.